The Morgan fingerprint density at radius 3 is 2.88 bits per heavy atom. The summed E-state index contributed by atoms with van der Waals surface area (Å²) in [5.41, 5.74) is 0.608. The van der Waals surface area contributed by atoms with Gasteiger partial charge in [-0.05, 0) is 43.3 Å². The van der Waals surface area contributed by atoms with Crippen LogP contribution in [0.1, 0.15) is 32.1 Å². The Morgan fingerprint density at radius 1 is 1.38 bits per heavy atom. The van der Waals surface area contributed by atoms with Gasteiger partial charge in [0.15, 0.2) is 5.11 Å². The summed E-state index contributed by atoms with van der Waals surface area (Å²) < 4.78 is 0. The molecule has 1 aliphatic carbocycles. The fourth-order valence-electron chi connectivity index (χ4n) is 3.82. The van der Waals surface area contributed by atoms with Gasteiger partial charge in [-0.25, -0.2) is 0 Å². The third kappa shape index (κ3) is 4.10. The van der Waals surface area contributed by atoms with Gasteiger partial charge in [0.1, 0.15) is 6.04 Å². The lowest BCUT2D eigenvalue weighted by atomic mass is 9.85. The average molecular weight is 395 g/mol. The standard InChI is InChI=1S/C18H23ClN4O2S/c1-20-18(26)23-14-8-3-2-7-13(14)22-17(25)15(23)10-16(24)21-12-6-4-5-11(19)9-12/h4-6,9,13-15H,2-3,7-8,10H2,1H3,(H,20,26)(H,21,24)(H,22,25)/t13-,14-,15-/m0/s1. The SMILES string of the molecule is CNC(=S)N1[C@@H](CC(=O)Nc2cccc(Cl)c2)C(=O)N[C@H]2CCCC[C@@H]21. The third-order valence-electron chi connectivity index (χ3n) is 4.99. The molecule has 1 saturated heterocycles. The number of benzene rings is 1. The molecule has 1 aliphatic heterocycles. The highest BCUT2D eigenvalue weighted by molar-refractivity contribution is 7.80. The molecular formula is C18H23ClN4O2S. The van der Waals surface area contributed by atoms with Crippen LogP contribution >= 0.6 is 23.8 Å². The first-order chi connectivity index (χ1) is 12.5. The summed E-state index contributed by atoms with van der Waals surface area (Å²) in [5.74, 6) is -0.391. The Labute approximate surface area is 163 Å². The number of piperazine rings is 1. The van der Waals surface area contributed by atoms with Crippen LogP contribution in [0.3, 0.4) is 0 Å². The molecule has 3 N–H and O–H groups in total. The monoisotopic (exact) mass is 394 g/mol. The molecule has 8 heteroatoms. The molecule has 0 bridgehead atoms. The van der Waals surface area contributed by atoms with Crippen LogP contribution in [0, 0.1) is 0 Å². The van der Waals surface area contributed by atoms with Gasteiger partial charge in [-0.1, -0.05) is 30.5 Å². The number of fused-ring (bicyclic) bond motifs is 1. The number of halogens is 1. The second-order valence-electron chi connectivity index (χ2n) is 6.71. The summed E-state index contributed by atoms with van der Waals surface area (Å²) in [7, 11) is 1.75. The molecule has 140 valence electrons. The number of anilines is 1. The Kier molecular flexibility index (Phi) is 5.98. The van der Waals surface area contributed by atoms with Crippen LogP contribution in [0.25, 0.3) is 0 Å². The van der Waals surface area contributed by atoms with E-state index in [4.69, 9.17) is 23.8 Å². The van der Waals surface area contributed by atoms with Crippen LogP contribution in [0.5, 0.6) is 0 Å². The molecule has 0 aromatic heterocycles. The first-order valence-corrected chi connectivity index (χ1v) is 9.64. The zero-order valence-electron chi connectivity index (χ0n) is 14.6. The van der Waals surface area contributed by atoms with E-state index in [0.717, 1.165) is 25.7 Å². The Hall–Kier alpha value is -1.86. The zero-order chi connectivity index (χ0) is 18.7. The van der Waals surface area contributed by atoms with Gasteiger partial charge in [-0.15, -0.1) is 0 Å². The maximum atomic E-state index is 12.7. The lowest BCUT2D eigenvalue weighted by molar-refractivity contribution is -0.134. The second kappa shape index (κ2) is 8.22. The van der Waals surface area contributed by atoms with Crippen molar-refractivity contribution in [1.29, 1.82) is 0 Å². The third-order valence-corrected chi connectivity index (χ3v) is 5.64. The van der Waals surface area contributed by atoms with Crippen LogP contribution in [-0.4, -0.2) is 47.0 Å². The highest BCUT2D eigenvalue weighted by Gasteiger charge is 2.44. The molecule has 1 aromatic rings. The van der Waals surface area contributed by atoms with E-state index in [9.17, 15) is 9.59 Å². The van der Waals surface area contributed by atoms with Crippen molar-refractivity contribution < 1.29 is 9.59 Å². The molecule has 2 fully saturated rings. The second-order valence-corrected chi connectivity index (χ2v) is 7.53. The Morgan fingerprint density at radius 2 is 2.15 bits per heavy atom. The van der Waals surface area contributed by atoms with Gasteiger partial charge in [-0.3, -0.25) is 9.59 Å². The smallest absolute Gasteiger partial charge is 0.243 e. The number of carbonyl (C=O) groups is 2. The van der Waals surface area contributed by atoms with Crippen LogP contribution in [0.15, 0.2) is 24.3 Å². The van der Waals surface area contributed by atoms with Gasteiger partial charge in [0.2, 0.25) is 11.8 Å². The maximum absolute atomic E-state index is 12.7. The van der Waals surface area contributed by atoms with Gasteiger partial charge < -0.3 is 20.9 Å². The fourth-order valence-corrected chi connectivity index (χ4v) is 4.27. The zero-order valence-corrected chi connectivity index (χ0v) is 16.2. The number of nitrogens with zero attached hydrogens (tertiary/aromatic N) is 1. The summed E-state index contributed by atoms with van der Waals surface area (Å²) in [6, 6.07) is 6.54. The highest BCUT2D eigenvalue weighted by atomic mass is 35.5. The number of amides is 2. The molecule has 2 aliphatic rings. The van der Waals surface area contributed by atoms with Crippen LogP contribution < -0.4 is 16.0 Å². The van der Waals surface area contributed by atoms with Crippen molar-refractivity contribution >= 4 is 46.4 Å². The van der Waals surface area contributed by atoms with E-state index in [-0.39, 0.29) is 30.3 Å². The van der Waals surface area contributed by atoms with E-state index in [1.807, 2.05) is 4.90 Å². The predicted molar refractivity (Wildman–Crippen MR) is 106 cm³/mol. The van der Waals surface area contributed by atoms with Gasteiger partial charge in [0.25, 0.3) is 0 Å². The molecule has 1 aromatic carbocycles. The molecular weight excluding hydrogens is 372 g/mol. The average Bonchev–Trinajstić information content (AvgIpc) is 2.61. The molecule has 26 heavy (non-hydrogen) atoms. The van der Waals surface area contributed by atoms with E-state index < -0.39 is 6.04 Å². The van der Waals surface area contributed by atoms with Crippen molar-refractivity contribution in [2.75, 3.05) is 12.4 Å². The molecule has 1 saturated carbocycles. The lowest BCUT2D eigenvalue weighted by Gasteiger charge is -2.49. The predicted octanol–water partition coefficient (Wildman–Crippen LogP) is 2.28. The molecule has 0 radical (unpaired) electrons. The minimum Gasteiger partial charge on any atom is -0.366 e. The molecule has 3 atom stereocenters. The Bertz CT molecular complexity index is 714. The summed E-state index contributed by atoms with van der Waals surface area (Å²) in [6.45, 7) is 0. The van der Waals surface area contributed by atoms with Crippen molar-refractivity contribution in [2.24, 2.45) is 0 Å². The first-order valence-electron chi connectivity index (χ1n) is 8.85. The maximum Gasteiger partial charge on any atom is 0.243 e. The number of thiocarbonyl (C=S) groups is 1. The minimum atomic E-state index is -0.617. The minimum absolute atomic E-state index is 0.0311. The van der Waals surface area contributed by atoms with E-state index in [1.54, 1.807) is 31.3 Å². The summed E-state index contributed by atoms with van der Waals surface area (Å²) in [6.07, 6.45) is 4.13. The normalized spacial score (nSPS) is 25.1. The summed E-state index contributed by atoms with van der Waals surface area (Å²) in [5, 5.41) is 9.92. The topological polar surface area (TPSA) is 73.5 Å². The van der Waals surface area contributed by atoms with Gasteiger partial charge in [0.05, 0.1) is 12.5 Å². The number of nitrogens with one attached hydrogen (secondary N) is 3. The van der Waals surface area contributed by atoms with Gasteiger partial charge in [-0.2, -0.15) is 0 Å². The van der Waals surface area contributed by atoms with E-state index in [1.165, 1.54) is 0 Å². The quantitative estimate of drug-likeness (QED) is 0.686. The summed E-state index contributed by atoms with van der Waals surface area (Å²) >= 11 is 11.4. The van der Waals surface area contributed by atoms with Crippen LogP contribution in [0.2, 0.25) is 5.02 Å². The summed E-state index contributed by atoms with van der Waals surface area (Å²) in [4.78, 5) is 27.1. The van der Waals surface area contributed by atoms with E-state index in [0.29, 0.717) is 15.8 Å². The molecule has 1 heterocycles. The number of rotatable bonds is 3. The molecule has 0 unspecified atom stereocenters. The molecule has 6 nitrogen and oxygen atoms in total. The van der Waals surface area contributed by atoms with Gasteiger partial charge >= 0.3 is 0 Å². The Balaban J connectivity index is 1.75. The van der Waals surface area contributed by atoms with E-state index in [2.05, 4.69) is 16.0 Å². The van der Waals surface area contributed by atoms with Crippen LogP contribution in [-0.2, 0) is 9.59 Å². The van der Waals surface area contributed by atoms with E-state index >= 15 is 0 Å². The van der Waals surface area contributed by atoms with Crippen molar-refractivity contribution in [1.82, 2.24) is 15.5 Å². The lowest BCUT2D eigenvalue weighted by Crippen LogP contribution is -2.69. The van der Waals surface area contributed by atoms with Crippen molar-refractivity contribution in [3.05, 3.63) is 29.3 Å². The van der Waals surface area contributed by atoms with Crippen molar-refractivity contribution in [2.45, 2.75) is 50.2 Å². The van der Waals surface area contributed by atoms with Gasteiger partial charge in [0, 0.05) is 23.8 Å². The van der Waals surface area contributed by atoms with Crippen molar-refractivity contribution in [3.8, 4) is 0 Å². The molecule has 3 rings (SSSR count). The first kappa shape index (κ1) is 18.9. The number of carbonyl (C=O) groups excluding carboxylic acids is 2. The van der Waals surface area contributed by atoms with Crippen molar-refractivity contribution in [3.63, 3.8) is 0 Å². The molecule has 2 amide bonds. The fraction of sp³-hybridized carbons (Fsp3) is 0.500. The largest absolute Gasteiger partial charge is 0.366 e. The number of hydrogen-bond donors (Lipinski definition) is 3. The molecule has 0 spiro atoms. The highest BCUT2D eigenvalue weighted by Crippen LogP contribution is 2.29. The number of hydrogen-bond acceptors (Lipinski definition) is 3. The van der Waals surface area contributed by atoms with Crippen LogP contribution in [0.4, 0.5) is 5.69 Å².